The van der Waals surface area contributed by atoms with Crippen LogP contribution in [0, 0.1) is 5.92 Å². The molecule has 1 fully saturated rings. The molecule has 0 saturated heterocycles. The first-order valence-corrected chi connectivity index (χ1v) is 6.41. The molecule has 0 aromatic heterocycles. The molecule has 0 aromatic rings. The Hall–Kier alpha value is -0.570. The average molecular weight is 227 g/mol. The third-order valence-electron chi connectivity index (χ3n) is 3.84. The molecule has 0 bridgehead atoms. The minimum absolute atomic E-state index is 0.0445. The molecule has 0 aliphatic heterocycles. The van der Waals surface area contributed by atoms with Gasteiger partial charge in [-0.2, -0.15) is 0 Å². The van der Waals surface area contributed by atoms with E-state index in [2.05, 4.69) is 0 Å². The van der Waals surface area contributed by atoms with Crippen molar-refractivity contribution in [3.05, 3.63) is 0 Å². The van der Waals surface area contributed by atoms with Crippen molar-refractivity contribution in [1.82, 2.24) is 4.90 Å². The van der Waals surface area contributed by atoms with Crippen LogP contribution in [0.2, 0.25) is 0 Å². The SMILES string of the molecule is CC(C(=O)N(C)C)C1(O)CCCCCCC1. The summed E-state index contributed by atoms with van der Waals surface area (Å²) in [5, 5.41) is 10.6. The fraction of sp³-hybridized carbons (Fsp3) is 0.923. The zero-order chi connectivity index (χ0) is 12.2. The Morgan fingerprint density at radius 1 is 1.12 bits per heavy atom. The van der Waals surface area contributed by atoms with Gasteiger partial charge in [-0.05, 0) is 12.8 Å². The number of carbonyl (C=O) groups is 1. The number of hydrogen-bond acceptors (Lipinski definition) is 2. The van der Waals surface area contributed by atoms with E-state index in [4.69, 9.17) is 0 Å². The second-order valence-electron chi connectivity index (χ2n) is 5.33. The van der Waals surface area contributed by atoms with Crippen molar-refractivity contribution in [2.24, 2.45) is 5.92 Å². The predicted octanol–water partition coefficient (Wildman–Crippen LogP) is 2.19. The Morgan fingerprint density at radius 3 is 2.00 bits per heavy atom. The van der Waals surface area contributed by atoms with Gasteiger partial charge in [0, 0.05) is 14.1 Å². The van der Waals surface area contributed by atoms with E-state index in [1.807, 2.05) is 6.92 Å². The van der Waals surface area contributed by atoms with Gasteiger partial charge in [-0.15, -0.1) is 0 Å². The van der Waals surface area contributed by atoms with E-state index in [1.54, 1.807) is 19.0 Å². The van der Waals surface area contributed by atoms with E-state index in [9.17, 15) is 9.90 Å². The lowest BCUT2D eigenvalue weighted by Gasteiger charge is -2.36. The van der Waals surface area contributed by atoms with E-state index >= 15 is 0 Å². The Balaban J connectivity index is 2.68. The summed E-state index contributed by atoms with van der Waals surface area (Å²) in [6, 6.07) is 0. The fourth-order valence-corrected chi connectivity index (χ4v) is 2.57. The maximum absolute atomic E-state index is 11.9. The largest absolute Gasteiger partial charge is 0.389 e. The van der Waals surface area contributed by atoms with Crippen LogP contribution in [0.3, 0.4) is 0 Å². The summed E-state index contributed by atoms with van der Waals surface area (Å²) in [4.78, 5) is 13.5. The first kappa shape index (κ1) is 13.5. The molecule has 1 unspecified atom stereocenters. The molecule has 1 aliphatic rings. The van der Waals surface area contributed by atoms with E-state index in [0.717, 1.165) is 25.7 Å². The van der Waals surface area contributed by atoms with Crippen LogP contribution in [0.1, 0.15) is 51.9 Å². The number of nitrogens with zero attached hydrogens (tertiary/aromatic N) is 1. The van der Waals surface area contributed by atoms with E-state index in [0.29, 0.717) is 0 Å². The molecular weight excluding hydrogens is 202 g/mol. The monoisotopic (exact) mass is 227 g/mol. The van der Waals surface area contributed by atoms with Gasteiger partial charge in [-0.1, -0.05) is 39.0 Å². The molecule has 1 aliphatic carbocycles. The van der Waals surface area contributed by atoms with Gasteiger partial charge in [0.05, 0.1) is 11.5 Å². The third kappa shape index (κ3) is 3.21. The molecule has 0 aromatic carbocycles. The van der Waals surface area contributed by atoms with E-state index in [-0.39, 0.29) is 11.8 Å². The van der Waals surface area contributed by atoms with Crippen LogP contribution in [0.5, 0.6) is 0 Å². The molecule has 1 saturated carbocycles. The molecule has 3 heteroatoms. The van der Waals surface area contributed by atoms with Crippen LogP contribution in [0.25, 0.3) is 0 Å². The number of rotatable bonds is 2. The summed E-state index contributed by atoms with van der Waals surface area (Å²) in [5.74, 6) is -0.233. The quantitative estimate of drug-likeness (QED) is 0.785. The average Bonchev–Trinajstić information content (AvgIpc) is 2.21. The lowest BCUT2D eigenvalue weighted by Crippen LogP contribution is -2.45. The lowest BCUT2D eigenvalue weighted by atomic mass is 9.78. The molecule has 1 rings (SSSR count). The normalized spacial score (nSPS) is 23.0. The molecule has 1 N–H and O–H groups in total. The summed E-state index contributed by atoms with van der Waals surface area (Å²) in [7, 11) is 3.51. The van der Waals surface area contributed by atoms with Crippen molar-refractivity contribution in [3.63, 3.8) is 0 Å². The maximum atomic E-state index is 11.9. The van der Waals surface area contributed by atoms with Crippen molar-refractivity contribution in [1.29, 1.82) is 0 Å². The Morgan fingerprint density at radius 2 is 1.56 bits per heavy atom. The lowest BCUT2D eigenvalue weighted by molar-refractivity contribution is -0.143. The van der Waals surface area contributed by atoms with Crippen molar-refractivity contribution >= 4 is 5.91 Å². The molecular formula is C13H25NO2. The Labute approximate surface area is 98.8 Å². The van der Waals surface area contributed by atoms with Crippen molar-refractivity contribution in [2.45, 2.75) is 57.5 Å². The summed E-state index contributed by atoms with van der Waals surface area (Å²) in [5.41, 5.74) is -0.776. The molecule has 0 heterocycles. The zero-order valence-corrected chi connectivity index (χ0v) is 10.8. The Kier molecular flexibility index (Phi) is 4.78. The van der Waals surface area contributed by atoms with Crippen LogP contribution in [-0.4, -0.2) is 35.6 Å². The van der Waals surface area contributed by atoms with Gasteiger partial charge in [0.1, 0.15) is 0 Å². The summed E-state index contributed by atoms with van der Waals surface area (Å²) in [6.45, 7) is 1.87. The molecule has 1 amide bonds. The number of carbonyl (C=O) groups excluding carboxylic acids is 1. The Bertz CT molecular complexity index is 230. The number of hydrogen-bond donors (Lipinski definition) is 1. The predicted molar refractivity (Wildman–Crippen MR) is 65.1 cm³/mol. The molecule has 16 heavy (non-hydrogen) atoms. The first-order valence-electron chi connectivity index (χ1n) is 6.41. The van der Waals surface area contributed by atoms with Gasteiger partial charge < -0.3 is 10.0 Å². The van der Waals surface area contributed by atoms with Crippen molar-refractivity contribution in [2.75, 3.05) is 14.1 Å². The van der Waals surface area contributed by atoms with E-state index in [1.165, 1.54) is 19.3 Å². The van der Waals surface area contributed by atoms with Gasteiger partial charge in [0.25, 0.3) is 0 Å². The van der Waals surface area contributed by atoms with Crippen molar-refractivity contribution < 1.29 is 9.90 Å². The van der Waals surface area contributed by atoms with Crippen LogP contribution >= 0.6 is 0 Å². The van der Waals surface area contributed by atoms with Crippen LogP contribution in [-0.2, 0) is 4.79 Å². The maximum Gasteiger partial charge on any atom is 0.227 e. The van der Waals surface area contributed by atoms with Gasteiger partial charge >= 0.3 is 0 Å². The number of aliphatic hydroxyl groups is 1. The van der Waals surface area contributed by atoms with Crippen molar-refractivity contribution in [3.8, 4) is 0 Å². The fourth-order valence-electron chi connectivity index (χ4n) is 2.57. The molecule has 0 spiro atoms. The molecule has 94 valence electrons. The van der Waals surface area contributed by atoms with Crippen LogP contribution < -0.4 is 0 Å². The minimum atomic E-state index is -0.776. The third-order valence-corrected chi connectivity index (χ3v) is 3.84. The zero-order valence-electron chi connectivity index (χ0n) is 10.8. The smallest absolute Gasteiger partial charge is 0.227 e. The van der Waals surface area contributed by atoms with E-state index < -0.39 is 5.60 Å². The summed E-state index contributed by atoms with van der Waals surface area (Å²) >= 11 is 0. The van der Waals surface area contributed by atoms with Crippen LogP contribution in [0.15, 0.2) is 0 Å². The highest BCUT2D eigenvalue weighted by Crippen LogP contribution is 2.33. The highest BCUT2D eigenvalue weighted by atomic mass is 16.3. The van der Waals surface area contributed by atoms with Crippen LogP contribution in [0.4, 0.5) is 0 Å². The van der Waals surface area contributed by atoms with Gasteiger partial charge in [0.15, 0.2) is 0 Å². The highest BCUT2D eigenvalue weighted by Gasteiger charge is 2.38. The van der Waals surface area contributed by atoms with Gasteiger partial charge in [0.2, 0.25) is 5.91 Å². The molecule has 0 radical (unpaired) electrons. The summed E-state index contributed by atoms with van der Waals surface area (Å²) in [6.07, 6.45) is 7.27. The summed E-state index contributed by atoms with van der Waals surface area (Å²) < 4.78 is 0. The second kappa shape index (κ2) is 5.67. The first-order chi connectivity index (χ1) is 7.47. The van der Waals surface area contributed by atoms with Gasteiger partial charge in [-0.25, -0.2) is 0 Å². The topological polar surface area (TPSA) is 40.5 Å². The number of amides is 1. The highest BCUT2D eigenvalue weighted by molar-refractivity contribution is 5.79. The second-order valence-corrected chi connectivity index (χ2v) is 5.33. The van der Waals surface area contributed by atoms with Gasteiger partial charge in [-0.3, -0.25) is 4.79 Å². The molecule has 3 nitrogen and oxygen atoms in total. The minimum Gasteiger partial charge on any atom is -0.389 e. The standard InChI is InChI=1S/C13H25NO2/c1-11(12(15)14(2)3)13(16)9-7-5-4-6-8-10-13/h11,16H,4-10H2,1-3H3. The molecule has 1 atom stereocenters.